The highest BCUT2D eigenvalue weighted by Crippen LogP contribution is 2.34. The molecule has 0 N–H and O–H groups in total. The highest BCUT2D eigenvalue weighted by atomic mass is 35.5. The summed E-state index contributed by atoms with van der Waals surface area (Å²) in [6.07, 6.45) is 1.80. The molecule has 0 fully saturated rings. The van der Waals surface area contributed by atoms with E-state index in [1.165, 1.54) is 4.88 Å². The minimum atomic E-state index is -0.178. The molecule has 0 saturated heterocycles. The number of hydrogen-bond donors (Lipinski definition) is 0. The summed E-state index contributed by atoms with van der Waals surface area (Å²) in [6.45, 7) is 11.7. The molecule has 180 valence electrons. The van der Waals surface area contributed by atoms with E-state index < -0.39 is 0 Å². The van der Waals surface area contributed by atoms with Crippen molar-refractivity contribution in [3.8, 4) is 5.75 Å². The van der Waals surface area contributed by atoms with E-state index in [1.54, 1.807) is 16.2 Å². The molecule has 1 aromatic carbocycles. The predicted molar refractivity (Wildman–Crippen MR) is 135 cm³/mol. The van der Waals surface area contributed by atoms with Gasteiger partial charge in [-0.15, -0.1) is 11.3 Å². The summed E-state index contributed by atoms with van der Waals surface area (Å²) < 4.78 is 6.13. The Morgan fingerprint density at radius 2 is 2.03 bits per heavy atom. The van der Waals surface area contributed by atoms with Gasteiger partial charge in [0.15, 0.2) is 0 Å². The monoisotopic (exact) mass is 490 g/mol. The maximum Gasteiger partial charge on any atom is 0.242 e. The third-order valence-corrected chi connectivity index (χ3v) is 7.73. The highest BCUT2D eigenvalue weighted by molar-refractivity contribution is 7.10. The van der Waals surface area contributed by atoms with Crippen LogP contribution in [0.15, 0.2) is 29.6 Å². The number of nitrogens with zero attached hydrogens (tertiary/aromatic N) is 2. The van der Waals surface area contributed by atoms with Crippen LogP contribution in [0, 0.1) is 18.8 Å². The van der Waals surface area contributed by atoms with Gasteiger partial charge in [-0.3, -0.25) is 9.59 Å². The first kappa shape index (κ1) is 25.6. The van der Waals surface area contributed by atoms with Gasteiger partial charge in [-0.1, -0.05) is 45.7 Å². The van der Waals surface area contributed by atoms with Crippen molar-refractivity contribution in [1.29, 1.82) is 0 Å². The fourth-order valence-electron chi connectivity index (χ4n) is 4.11. The molecule has 2 aromatic rings. The molecular weight excluding hydrogens is 456 g/mol. The van der Waals surface area contributed by atoms with Crippen molar-refractivity contribution in [2.45, 2.75) is 53.5 Å². The van der Waals surface area contributed by atoms with Gasteiger partial charge in [-0.2, -0.15) is 0 Å². The number of amides is 2. The lowest BCUT2D eigenvalue weighted by Crippen LogP contribution is -2.49. The van der Waals surface area contributed by atoms with E-state index in [9.17, 15) is 9.59 Å². The number of fused-ring (bicyclic) bond motifs is 1. The zero-order chi connectivity index (χ0) is 24.1. The van der Waals surface area contributed by atoms with E-state index in [4.69, 9.17) is 16.3 Å². The first-order valence-corrected chi connectivity index (χ1v) is 13.0. The molecule has 2 amide bonds. The van der Waals surface area contributed by atoms with E-state index in [-0.39, 0.29) is 30.3 Å². The van der Waals surface area contributed by atoms with Crippen LogP contribution in [-0.2, 0) is 16.0 Å². The molecule has 0 spiro atoms. The van der Waals surface area contributed by atoms with E-state index in [0.717, 1.165) is 29.7 Å². The number of hydrogen-bond acceptors (Lipinski definition) is 4. The van der Waals surface area contributed by atoms with E-state index in [0.29, 0.717) is 30.6 Å². The van der Waals surface area contributed by atoms with Gasteiger partial charge >= 0.3 is 0 Å². The van der Waals surface area contributed by atoms with Gasteiger partial charge in [-0.25, -0.2) is 0 Å². The maximum atomic E-state index is 13.5. The smallest absolute Gasteiger partial charge is 0.242 e. The summed E-state index contributed by atoms with van der Waals surface area (Å²) in [5, 5.41) is 2.78. The van der Waals surface area contributed by atoms with Crippen LogP contribution >= 0.6 is 22.9 Å². The standard InChI is InChI=1S/C26H35ClN2O3S/c1-6-18(4)14-28(26(31)17(2)3)15-25(30)29-11-9-24-21(10-12-33-24)23(29)16-32-20-7-8-22(27)19(5)13-20/h7-8,10,12-13,17-18,23H,6,9,11,14-16H2,1-5H3/t18-,23+/m1/s1. The van der Waals surface area contributed by atoms with Crippen molar-refractivity contribution >= 4 is 34.8 Å². The number of rotatable bonds is 9. The minimum absolute atomic E-state index is 0.0231. The van der Waals surface area contributed by atoms with Crippen molar-refractivity contribution in [3.63, 3.8) is 0 Å². The lowest BCUT2D eigenvalue weighted by molar-refractivity contribution is -0.144. The van der Waals surface area contributed by atoms with Crippen LogP contribution in [0.4, 0.5) is 0 Å². The van der Waals surface area contributed by atoms with Crippen LogP contribution in [0.3, 0.4) is 0 Å². The van der Waals surface area contributed by atoms with Gasteiger partial charge in [0.1, 0.15) is 12.4 Å². The first-order chi connectivity index (χ1) is 15.7. The molecule has 0 bridgehead atoms. The predicted octanol–water partition coefficient (Wildman–Crippen LogP) is 5.75. The molecule has 7 heteroatoms. The van der Waals surface area contributed by atoms with Crippen LogP contribution in [-0.4, -0.2) is 47.9 Å². The second-order valence-corrected chi connectivity index (χ2v) is 10.7. The second-order valence-electron chi connectivity index (χ2n) is 9.26. The van der Waals surface area contributed by atoms with Crippen LogP contribution in [0.5, 0.6) is 5.75 Å². The number of halogens is 1. The molecule has 2 atom stereocenters. The molecule has 33 heavy (non-hydrogen) atoms. The summed E-state index contributed by atoms with van der Waals surface area (Å²) in [6, 6.07) is 7.52. The highest BCUT2D eigenvalue weighted by Gasteiger charge is 2.34. The van der Waals surface area contributed by atoms with Crippen LogP contribution < -0.4 is 4.74 Å². The Bertz CT molecular complexity index is 974. The lowest BCUT2D eigenvalue weighted by atomic mass is 10.00. The summed E-state index contributed by atoms with van der Waals surface area (Å²) >= 11 is 7.88. The zero-order valence-electron chi connectivity index (χ0n) is 20.3. The Morgan fingerprint density at radius 3 is 2.70 bits per heavy atom. The Labute approximate surface area is 206 Å². The minimum Gasteiger partial charge on any atom is -0.491 e. The van der Waals surface area contributed by atoms with Gasteiger partial charge in [0, 0.05) is 28.9 Å². The summed E-state index contributed by atoms with van der Waals surface area (Å²) in [7, 11) is 0. The zero-order valence-corrected chi connectivity index (χ0v) is 21.8. The van der Waals surface area contributed by atoms with E-state index in [2.05, 4.69) is 25.3 Å². The number of carbonyl (C=O) groups is 2. The Hall–Kier alpha value is -2.05. The van der Waals surface area contributed by atoms with Gasteiger partial charge in [-0.05, 0) is 60.0 Å². The first-order valence-electron chi connectivity index (χ1n) is 11.7. The maximum absolute atomic E-state index is 13.5. The Balaban J connectivity index is 1.78. The molecule has 2 heterocycles. The average molecular weight is 491 g/mol. The SMILES string of the molecule is CC[C@@H](C)CN(CC(=O)N1CCc2sccc2[C@@H]1COc1ccc(Cl)c(C)c1)C(=O)C(C)C. The molecule has 1 aromatic heterocycles. The molecule has 1 aliphatic heterocycles. The largest absolute Gasteiger partial charge is 0.491 e. The van der Waals surface area contributed by atoms with Crippen LogP contribution in [0.2, 0.25) is 5.02 Å². The molecule has 5 nitrogen and oxygen atoms in total. The molecule has 0 radical (unpaired) electrons. The molecule has 0 saturated carbocycles. The fourth-order valence-corrected chi connectivity index (χ4v) is 5.16. The normalized spacial score (nSPS) is 16.5. The Kier molecular flexibility index (Phi) is 8.82. The second kappa shape index (κ2) is 11.4. The number of aryl methyl sites for hydroxylation is 1. The van der Waals surface area contributed by atoms with Crippen LogP contribution in [0.1, 0.15) is 56.2 Å². The van der Waals surface area contributed by atoms with Gasteiger partial charge in [0.05, 0.1) is 12.6 Å². The number of thiophene rings is 1. The lowest BCUT2D eigenvalue weighted by Gasteiger charge is -2.37. The van der Waals surface area contributed by atoms with E-state index >= 15 is 0 Å². The van der Waals surface area contributed by atoms with Crippen molar-refractivity contribution < 1.29 is 14.3 Å². The van der Waals surface area contributed by atoms with Gasteiger partial charge < -0.3 is 14.5 Å². The summed E-state index contributed by atoms with van der Waals surface area (Å²) in [5.74, 6) is 0.947. The quantitative estimate of drug-likeness (QED) is 0.450. The molecular formula is C26H35ClN2O3S. The number of carbonyl (C=O) groups excluding carboxylic acids is 2. The van der Waals surface area contributed by atoms with Crippen molar-refractivity contribution in [2.24, 2.45) is 11.8 Å². The number of ether oxygens (including phenoxy) is 1. The van der Waals surface area contributed by atoms with Crippen molar-refractivity contribution in [3.05, 3.63) is 50.7 Å². The Morgan fingerprint density at radius 1 is 1.27 bits per heavy atom. The topological polar surface area (TPSA) is 49.9 Å². The summed E-state index contributed by atoms with van der Waals surface area (Å²) in [4.78, 5) is 31.3. The molecule has 1 aliphatic rings. The molecule has 0 aliphatic carbocycles. The number of benzene rings is 1. The van der Waals surface area contributed by atoms with Crippen molar-refractivity contribution in [1.82, 2.24) is 9.80 Å². The van der Waals surface area contributed by atoms with Crippen molar-refractivity contribution in [2.75, 3.05) is 26.2 Å². The van der Waals surface area contributed by atoms with Crippen LogP contribution in [0.25, 0.3) is 0 Å². The fraction of sp³-hybridized carbons (Fsp3) is 0.538. The average Bonchev–Trinajstić information content (AvgIpc) is 3.27. The molecule has 0 unspecified atom stereocenters. The van der Waals surface area contributed by atoms with Gasteiger partial charge in [0.25, 0.3) is 0 Å². The van der Waals surface area contributed by atoms with Gasteiger partial charge in [0.2, 0.25) is 11.8 Å². The third kappa shape index (κ3) is 6.30. The van der Waals surface area contributed by atoms with E-state index in [1.807, 2.05) is 43.9 Å². The summed E-state index contributed by atoms with van der Waals surface area (Å²) in [5.41, 5.74) is 2.10. The third-order valence-electron chi connectivity index (χ3n) is 6.31. The molecule has 3 rings (SSSR count).